The summed E-state index contributed by atoms with van der Waals surface area (Å²) in [5.74, 6) is -1.34. The highest BCUT2D eigenvalue weighted by Crippen LogP contribution is 2.32. The first-order chi connectivity index (χ1) is 9.13. The monoisotopic (exact) mass is 330 g/mol. The summed E-state index contributed by atoms with van der Waals surface area (Å²) in [5, 5.41) is 7.93. The van der Waals surface area contributed by atoms with E-state index in [1.807, 2.05) is 0 Å². The molecule has 0 aromatic carbocycles. The van der Waals surface area contributed by atoms with Crippen molar-refractivity contribution in [2.75, 3.05) is 11.1 Å². The summed E-state index contributed by atoms with van der Waals surface area (Å²) in [7, 11) is -3.52. The number of sulfonamides is 1. The highest BCUT2D eigenvalue weighted by Gasteiger charge is 2.36. The number of hydrogen-bond acceptors (Lipinski definition) is 6. The molecular weight excluding hydrogens is 317 g/mol. The highest BCUT2D eigenvalue weighted by atomic mass is 32.2. The molecule has 1 aromatic heterocycles. The van der Waals surface area contributed by atoms with Gasteiger partial charge in [0, 0.05) is 17.6 Å². The van der Waals surface area contributed by atoms with E-state index in [9.17, 15) is 21.6 Å². The Hall–Kier alpha value is -0.940. The quantitative estimate of drug-likeness (QED) is 0.870. The maximum Gasteiger partial charge on any atom is 0.452 e. The average molecular weight is 330 g/mol. The third kappa shape index (κ3) is 4.28. The molecule has 0 amide bonds. The van der Waals surface area contributed by atoms with Gasteiger partial charge in [0.25, 0.3) is 0 Å². The van der Waals surface area contributed by atoms with Gasteiger partial charge in [-0.1, -0.05) is 0 Å². The van der Waals surface area contributed by atoms with Gasteiger partial charge in [0.15, 0.2) is 0 Å². The summed E-state index contributed by atoms with van der Waals surface area (Å²) in [5.41, 5.74) is 0. The highest BCUT2D eigenvalue weighted by molar-refractivity contribution is 7.89. The third-order valence-corrected chi connectivity index (χ3v) is 4.60. The Morgan fingerprint density at radius 1 is 1.40 bits per heavy atom. The van der Waals surface area contributed by atoms with Crippen LogP contribution in [0, 0.1) is 5.92 Å². The predicted octanol–water partition coefficient (Wildman–Crippen LogP) is 1.43. The van der Waals surface area contributed by atoms with E-state index in [1.165, 1.54) is 0 Å². The Morgan fingerprint density at radius 3 is 2.65 bits per heavy atom. The van der Waals surface area contributed by atoms with Crippen molar-refractivity contribution in [1.82, 2.24) is 9.36 Å². The lowest BCUT2D eigenvalue weighted by Gasteiger charge is -2.11. The van der Waals surface area contributed by atoms with E-state index in [-0.39, 0.29) is 22.8 Å². The van der Waals surface area contributed by atoms with Gasteiger partial charge in [0.05, 0.1) is 5.75 Å². The normalized spacial score (nSPS) is 24.0. The second-order valence-electron chi connectivity index (χ2n) is 4.77. The van der Waals surface area contributed by atoms with Crippen LogP contribution in [-0.2, 0) is 16.2 Å². The number of alkyl halides is 3. The van der Waals surface area contributed by atoms with E-state index in [0.29, 0.717) is 30.8 Å². The third-order valence-electron chi connectivity index (χ3n) is 3.02. The molecule has 1 heterocycles. The van der Waals surface area contributed by atoms with E-state index in [0.717, 1.165) is 0 Å². The topological polar surface area (TPSA) is 98.0 Å². The fraction of sp³-hybridized carbons (Fsp3) is 0.778. The molecule has 1 aliphatic rings. The van der Waals surface area contributed by atoms with E-state index >= 15 is 0 Å². The van der Waals surface area contributed by atoms with Gasteiger partial charge in [-0.2, -0.15) is 22.5 Å². The second kappa shape index (κ2) is 5.45. The fourth-order valence-electron chi connectivity index (χ4n) is 2.26. The zero-order chi connectivity index (χ0) is 15.0. The molecule has 1 fully saturated rings. The molecule has 0 spiro atoms. The molecule has 0 radical (unpaired) electrons. The zero-order valence-corrected chi connectivity index (χ0v) is 11.9. The minimum Gasteiger partial charge on any atom is -0.358 e. The van der Waals surface area contributed by atoms with Crippen LogP contribution in [0.3, 0.4) is 0 Å². The number of halogens is 3. The Balaban J connectivity index is 1.91. The second-order valence-corrected chi connectivity index (χ2v) is 7.18. The number of nitrogens with one attached hydrogen (secondary N) is 1. The van der Waals surface area contributed by atoms with Crippen LogP contribution in [0.15, 0.2) is 0 Å². The molecule has 1 aliphatic carbocycles. The number of nitrogens with zero attached hydrogens (tertiary/aromatic N) is 2. The molecular formula is C9H13F3N4O2S2. The van der Waals surface area contributed by atoms with Crippen LogP contribution >= 0.6 is 11.5 Å². The minimum absolute atomic E-state index is 0.0718. The number of nitrogens with two attached hydrogens (primary N) is 1. The number of aromatic nitrogens is 2. The molecule has 6 nitrogen and oxygen atoms in total. The number of primary sulfonamides is 1. The van der Waals surface area contributed by atoms with Crippen molar-refractivity contribution in [3.05, 3.63) is 5.82 Å². The summed E-state index contributed by atoms with van der Waals surface area (Å²) in [6.07, 6.45) is -2.68. The molecule has 1 aromatic rings. The summed E-state index contributed by atoms with van der Waals surface area (Å²) in [6.45, 7) is 0. The largest absolute Gasteiger partial charge is 0.452 e. The molecule has 0 bridgehead atoms. The Kier molecular flexibility index (Phi) is 4.21. The molecule has 11 heteroatoms. The first-order valence-electron chi connectivity index (χ1n) is 5.81. The van der Waals surface area contributed by atoms with Gasteiger partial charge in [0.2, 0.25) is 21.0 Å². The zero-order valence-electron chi connectivity index (χ0n) is 10.2. The Labute approximate surface area is 117 Å². The molecule has 0 unspecified atom stereocenters. The lowest BCUT2D eigenvalue weighted by molar-refractivity contribution is -0.144. The van der Waals surface area contributed by atoms with Gasteiger partial charge >= 0.3 is 6.18 Å². The lowest BCUT2D eigenvalue weighted by Crippen LogP contribution is -2.23. The van der Waals surface area contributed by atoms with Gasteiger partial charge in [0.1, 0.15) is 0 Å². The molecule has 0 aliphatic heterocycles. The van der Waals surface area contributed by atoms with Crippen LogP contribution in [0.5, 0.6) is 0 Å². The summed E-state index contributed by atoms with van der Waals surface area (Å²) >= 11 is 0.642. The predicted molar refractivity (Wildman–Crippen MR) is 67.6 cm³/mol. The van der Waals surface area contributed by atoms with Crippen molar-refractivity contribution < 1.29 is 21.6 Å². The molecule has 2 rings (SSSR count). The average Bonchev–Trinajstić information content (AvgIpc) is 2.85. The van der Waals surface area contributed by atoms with Crippen molar-refractivity contribution >= 4 is 26.7 Å². The SMILES string of the molecule is NS(=O)(=O)C[C@@H]1CC[C@H](Nc2nc(C(F)(F)F)ns2)C1. The fourth-order valence-corrected chi connectivity index (χ4v) is 3.88. The Morgan fingerprint density at radius 2 is 2.10 bits per heavy atom. The van der Waals surface area contributed by atoms with Crippen molar-refractivity contribution in [3.63, 3.8) is 0 Å². The van der Waals surface area contributed by atoms with E-state index in [1.54, 1.807) is 0 Å². The van der Waals surface area contributed by atoms with Crippen LogP contribution in [0.2, 0.25) is 0 Å². The van der Waals surface area contributed by atoms with Gasteiger partial charge in [-0.25, -0.2) is 13.6 Å². The first-order valence-corrected chi connectivity index (χ1v) is 8.30. The molecule has 3 N–H and O–H groups in total. The van der Waals surface area contributed by atoms with Crippen molar-refractivity contribution in [2.24, 2.45) is 11.1 Å². The van der Waals surface area contributed by atoms with E-state index in [2.05, 4.69) is 14.7 Å². The maximum atomic E-state index is 12.3. The van der Waals surface area contributed by atoms with E-state index in [4.69, 9.17) is 5.14 Å². The first kappa shape index (κ1) is 15.4. The summed E-state index contributed by atoms with van der Waals surface area (Å²) in [4.78, 5) is 3.37. The standard InChI is InChI=1S/C9H13F3N4O2S2/c10-9(11,12)7-15-8(19-16-7)14-6-2-1-5(3-6)4-20(13,17)18/h5-6H,1-4H2,(H2,13,17,18)(H,14,15,16)/t5-,6+/m1/s1. The van der Waals surface area contributed by atoms with Crippen molar-refractivity contribution in [1.29, 1.82) is 0 Å². The van der Waals surface area contributed by atoms with Gasteiger partial charge in [-0.3, -0.25) is 0 Å². The van der Waals surface area contributed by atoms with E-state index < -0.39 is 22.0 Å². The number of rotatable bonds is 4. The molecule has 0 saturated heterocycles. The minimum atomic E-state index is -4.55. The van der Waals surface area contributed by atoms with Gasteiger partial charge < -0.3 is 5.32 Å². The van der Waals surface area contributed by atoms with Gasteiger partial charge in [-0.05, 0) is 25.2 Å². The smallest absolute Gasteiger partial charge is 0.358 e. The van der Waals surface area contributed by atoms with Gasteiger partial charge in [-0.15, -0.1) is 0 Å². The van der Waals surface area contributed by atoms with Crippen LogP contribution in [0.4, 0.5) is 18.3 Å². The van der Waals surface area contributed by atoms with Crippen LogP contribution < -0.4 is 10.5 Å². The van der Waals surface area contributed by atoms with Crippen LogP contribution in [0.25, 0.3) is 0 Å². The molecule has 2 atom stereocenters. The number of anilines is 1. The van der Waals surface area contributed by atoms with Crippen LogP contribution in [0.1, 0.15) is 25.1 Å². The molecule has 20 heavy (non-hydrogen) atoms. The number of hydrogen-bond donors (Lipinski definition) is 2. The van der Waals surface area contributed by atoms with Crippen molar-refractivity contribution in [2.45, 2.75) is 31.5 Å². The van der Waals surface area contributed by atoms with Crippen LogP contribution in [-0.4, -0.2) is 29.6 Å². The molecule has 114 valence electrons. The lowest BCUT2D eigenvalue weighted by atomic mass is 10.1. The molecule has 1 saturated carbocycles. The summed E-state index contributed by atoms with van der Waals surface area (Å²) in [6, 6.07) is -0.101. The maximum absolute atomic E-state index is 12.3. The Bertz CT molecular complexity index is 572. The van der Waals surface area contributed by atoms with Crippen molar-refractivity contribution in [3.8, 4) is 0 Å². The summed E-state index contributed by atoms with van der Waals surface area (Å²) < 4.78 is 62.2.